The third-order valence-corrected chi connectivity index (χ3v) is 6.26. The van der Waals surface area contributed by atoms with Crippen molar-refractivity contribution in [2.24, 2.45) is 0 Å². The van der Waals surface area contributed by atoms with Gasteiger partial charge in [0, 0.05) is 0 Å². The Morgan fingerprint density at radius 1 is 1.17 bits per heavy atom. The topological polar surface area (TPSA) is 106 Å². The van der Waals surface area contributed by atoms with Crippen LogP contribution in [0.4, 0.5) is 5.13 Å². The number of ether oxygens (including phenoxy) is 3. The largest absolute Gasteiger partial charge is 0.493 e. The lowest BCUT2D eigenvalue weighted by Crippen LogP contribution is -2.13. The maximum Gasteiger partial charge on any atom is 0.268 e. The van der Waals surface area contributed by atoms with Crippen LogP contribution in [0.15, 0.2) is 35.9 Å². The Balaban J connectivity index is 1.68. The number of carbonyl (C=O) groups excluding carboxylic acids is 1. The second-order valence-corrected chi connectivity index (χ2v) is 8.92. The number of nitriles is 1. The third kappa shape index (κ3) is 6.94. The molecule has 10 heteroatoms. The summed E-state index contributed by atoms with van der Waals surface area (Å²) in [5, 5.41) is 21.3. The summed E-state index contributed by atoms with van der Waals surface area (Å²) < 4.78 is 17.0. The number of amides is 1. The van der Waals surface area contributed by atoms with Crippen LogP contribution in [0.5, 0.6) is 17.2 Å². The molecule has 1 heterocycles. The summed E-state index contributed by atoms with van der Waals surface area (Å²) in [5.74, 6) is 0.880. The predicted octanol–water partition coefficient (Wildman–Crippen LogP) is 5.38. The first kappa shape index (κ1) is 26.0. The first-order valence-corrected chi connectivity index (χ1v) is 12.0. The Morgan fingerprint density at radius 3 is 2.60 bits per heavy atom. The number of methoxy groups -OCH3 is 1. The molecule has 1 N–H and O–H groups in total. The van der Waals surface area contributed by atoms with Gasteiger partial charge in [-0.1, -0.05) is 35.9 Å². The van der Waals surface area contributed by atoms with Crippen molar-refractivity contribution in [2.45, 2.75) is 27.2 Å². The summed E-state index contributed by atoms with van der Waals surface area (Å²) in [6.45, 7) is 6.56. The van der Waals surface area contributed by atoms with Gasteiger partial charge in [-0.25, -0.2) is 0 Å². The number of aryl methyl sites for hydroxylation is 3. The van der Waals surface area contributed by atoms with Crippen molar-refractivity contribution in [3.8, 4) is 23.3 Å². The van der Waals surface area contributed by atoms with Crippen LogP contribution in [0, 0.1) is 25.2 Å². The molecule has 2 aromatic carbocycles. The molecule has 182 valence electrons. The lowest BCUT2D eigenvalue weighted by Gasteiger charge is -2.14. The number of nitrogens with one attached hydrogen (secondary N) is 1. The number of halogens is 1. The molecule has 0 saturated carbocycles. The van der Waals surface area contributed by atoms with E-state index in [4.69, 9.17) is 25.8 Å². The van der Waals surface area contributed by atoms with Crippen LogP contribution in [-0.2, 0) is 11.2 Å². The van der Waals surface area contributed by atoms with Crippen LogP contribution in [0.1, 0.15) is 28.6 Å². The van der Waals surface area contributed by atoms with Gasteiger partial charge in [-0.3, -0.25) is 10.1 Å². The minimum Gasteiger partial charge on any atom is -0.493 e. The van der Waals surface area contributed by atoms with Gasteiger partial charge in [0.2, 0.25) is 5.13 Å². The maximum absolute atomic E-state index is 12.5. The van der Waals surface area contributed by atoms with Gasteiger partial charge in [0.25, 0.3) is 5.91 Å². The molecule has 0 aliphatic rings. The van der Waals surface area contributed by atoms with Crippen molar-refractivity contribution in [1.29, 1.82) is 5.26 Å². The van der Waals surface area contributed by atoms with Gasteiger partial charge in [0.15, 0.2) is 11.5 Å². The fourth-order valence-electron chi connectivity index (χ4n) is 3.00. The molecule has 3 rings (SSSR count). The van der Waals surface area contributed by atoms with Gasteiger partial charge >= 0.3 is 0 Å². The SMILES string of the molecule is CCc1nnc(NC(=O)C(C#N)=Cc2cc(Cl)c(OCCOc3ccc(C)c(C)c3)c(OC)c2)s1. The normalized spacial score (nSPS) is 11.0. The fourth-order valence-corrected chi connectivity index (χ4v) is 3.95. The summed E-state index contributed by atoms with van der Waals surface area (Å²) in [4.78, 5) is 12.5. The van der Waals surface area contributed by atoms with Crippen LogP contribution in [0.3, 0.4) is 0 Å². The number of hydrogen-bond donors (Lipinski definition) is 1. The molecule has 0 radical (unpaired) electrons. The molecular weight excluding hydrogens is 488 g/mol. The number of anilines is 1. The third-order valence-electron chi connectivity index (χ3n) is 4.99. The second kappa shape index (κ2) is 12.2. The van der Waals surface area contributed by atoms with Crippen LogP contribution < -0.4 is 19.5 Å². The van der Waals surface area contributed by atoms with Crippen molar-refractivity contribution >= 4 is 40.1 Å². The molecule has 0 fully saturated rings. The Hall–Kier alpha value is -3.61. The zero-order valence-corrected chi connectivity index (χ0v) is 21.4. The van der Waals surface area contributed by atoms with Crippen molar-refractivity contribution in [3.05, 3.63) is 62.6 Å². The Kier molecular flexibility index (Phi) is 9.06. The first-order chi connectivity index (χ1) is 16.8. The second-order valence-electron chi connectivity index (χ2n) is 7.46. The first-order valence-electron chi connectivity index (χ1n) is 10.8. The van der Waals surface area contributed by atoms with Gasteiger partial charge in [-0.05, 0) is 67.3 Å². The van der Waals surface area contributed by atoms with Gasteiger partial charge in [-0.15, -0.1) is 10.2 Å². The standard InChI is InChI=1S/C25H25ClN4O4S/c1-5-22-29-30-25(35-22)28-24(31)18(14-27)11-17-12-20(26)23(21(13-17)32-4)34-9-8-33-19-7-6-15(2)16(3)10-19/h6-7,10-13H,5,8-9H2,1-4H3,(H,28,30,31). The van der Waals surface area contributed by atoms with Crippen molar-refractivity contribution in [2.75, 3.05) is 25.6 Å². The maximum atomic E-state index is 12.5. The molecule has 0 aliphatic carbocycles. The van der Waals surface area contributed by atoms with Gasteiger partial charge in [-0.2, -0.15) is 5.26 Å². The molecule has 1 aromatic heterocycles. The molecule has 1 amide bonds. The van der Waals surface area contributed by atoms with E-state index in [-0.39, 0.29) is 17.2 Å². The van der Waals surface area contributed by atoms with E-state index in [2.05, 4.69) is 15.5 Å². The quantitative estimate of drug-likeness (QED) is 0.221. The van der Waals surface area contributed by atoms with E-state index in [0.29, 0.717) is 35.2 Å². The minimum absolute atomic E-state index is 0.119. The lowest BCUT2D eigenvalue weighted by molar-refractivity contribution is -0.112. The van der Waals surface area contributed by atoms with Gasteiger partial charge < -0.3 is 14.2 Å². The number of aromatic nitrogens is 2. The van der Waals surface area contributed by atoms with E-state index in [0.717, 1.165) is 16.3 Å². The average molecular weight is 513 g/mol. The van der Waals surface area contributed by atoms with Crippen LogP contribution in [0.25, 0.3) is 6.08 Å². The van der Waals surface area contributed by atoms with Gasteiger partial charge in [0.1, 0.15) is 35.6 Å². The highest BCUT2D eigenvalue weighted by Gasteiger charge is 2.16. The lowest BCUT2D eigenvalue weighted by atomic mass is 10.1. The molecule has 0 spiro atoms. The Bertz CT molecular complexity index is 1280. The molecular formula is C25H25ClN4O4S. The highest BCUT2D eigenvalue weighted by molar-refractivity contribution is 7.15. The van der Waals surface area contributed by atoms with E-state index < -0.39 is 5.91 Å². The summed E-state index contributed by atoms with van der Waals surface area (Å²) in [5.41, 5.74) is 2.73. The molecule has 3 aromatic rings. The summed E-state index contributed by atoms with van der Waals surface area (Å²) in [6, 6.07) is 11.0. The predicted molar refractivity (Wildman–Crippen MR) is 136 cm³/mol. The highest BCUT2D eigenvalue weighted by Crippen LogP contribution is 2.37. The minimum atomic E-state index is -0.592. The average Bonchev–Trinajstić information content (AvgIpc) is 3.30. The molecule has 8 nitrogen and oxygen atoms in total. The number of hydrogen-bond acceptors (Lipinski definition) is 8. The number of benzene rings is 2. The fraction of sp³-hybridized carbons (Fsp3) is 0.280. The molecule has 0 aliphatic heterocycles. The highest BCUT2D eigenvalue weighted by atomic mass is 35.5. The van der Waals surface area contributed by atoms with Crippen molar-refractivity contribution in [1.82, 2.24) is 10.2 Å². The summed E-state index contributed by atoms with van der Waals surface area (Å²) in [7, 11) is 1.48. The Labute approximate surface area is 213 Å². The van der Waals surface area contributed by atoms with Crippen LogP contribution in [-0.4, -0.2) is 36.4 Å². The summed E-state index contributed by atoms with van der Waals surface area (Å²) >= 11 is 7.68. The molecule has 0 atom stereocenters. The van der Waals surface area contributed by atoms with E-state index in [1.807, 2.05) is 45.0 Å². The van der Waals surface area contributed by atoms with E-state index >= 15 is 0 Å². The zero-order chi connectivity index (χ0) is 25.4. The van der Waals surface area contributed by atoms with E-state index in [9.17, 15) is 10.1 Å². The number of nitrogens with zero attached hydrogens (tertiary/aromatic N) is 3. The van der Waals surface area contributed by atoms with E-state index in [1.165, 1.54) is 30.1 Å². The Morgan fingerprint density at radius 2 is 1.94 bits per heavy atom. The molecule has 0 bridgehead atoms. The summed E-state index contributed by atoms with van der Waals surface area (Å²) in [6.07, 6.45) is 2.12. The monoisotopic (exact) mass is 512 g/mol. The zero-order valence-electron chi connectivity index (χ0n) is 19.8. The van der Waals surface area contributed by atoms with Crippen LogP contribution >= 0.6 is 22.9 Å². The smallest absolute Gasteiger partial charge is 0.268 e. The molecule has 35 heavy (non-hydrogen) atoms. The molecule has 0 saturated heterocycles. The number of carbonyl (C=O) groups is 1. The van der Waals surface area contributed by atoms with Crippen molar-refractivity contribution < 1.29 is 19.0 Å². The van der Waals surface area contributed by atoms with E-state index in [1.54, 1.807) is 12.1 Å². The number of rotatable bonds is 10. The van der Waals surface area contributed by atoms with Crippen LogP contribution in [0.2, 0.25) is 5.02 Å². The molecule has 0 unspecified atom stereocenters. The van der Waals surface area contributed by atoms with Crippen molar-refractivity contribution in [3.63, 3.8) is 0 Å². The van der Waals surface area contributed by atoms with Gasteiger partial charge in [0.05, 0.1) is 12.1 Å².